The summed E-state index contributed by atoms with van der Waals surface area (Å²) in [5.74, 6) is 5.45. The van der Waals surface area contributed by atoms with Crippen molar-refractivity contribution in [1.82, 2.24) is 0 Å². The highest BCUT2D eigenvalue weighted by Gasteiger charge is 2.03. The molecule has 3 nitrogen and oxygen atoms in total. The van der Waals surface area contributed by atoms with Crippen molar-refractivity contribution in [2.75, 3.05) is 6.61 Å². The number of hydrogen-bond acceptors (Lipinski definition) is 3. The molecule has 56 valence electrons. The Hall–Kier alpha value is -0.120. The third-order valence-electron chi connectivity index (χ3n) is 1.08. The standard InChI is InChI=1S/C6H16N2O/c1-5(2)3-6(7)4-9-8/h5-6H,3-4,7-8H2,1-2H3. The van der Waals surface area contributed by atoms with Gasteiger partial charge in [0.1, 0.15) is 0 Å². The minimum atomic E-state index is 0.0926. The number of hydrogen-bond donors (Lipinski definition) is 2. The largest absolute Gasteiger partial charge is 0.326 e. The Balaban J connectivity index is 3.15. The predicted octanol–water partition coefficient (Wildman–Crippen LogP) is 0.250. The summed E-state index contributed by atoms with van der Waals surface area (Å²) in [6.45, 7) is 4.70. The van der Waals surface area contributed by atoms with Crippen molar-refractivity contribution >= 4 is 0 Å². The molecule has 0 aliphatic carbocycles. The van der Waals surface area contributed by atoms with Crippen molar-refractivity contribution in [3.8, 4) is 0 Å². The van der Waals surface area contributed by atoms with Gasteiger partial charge < -0.3 is 10.6 Å². The molecular formula is C6H16N2O. The predicted molar refractivity (Wildman–Crippen MR) is 37.6 cm³/mol. The van der Waals surface area contributed by atoms with Crippen molar-refractivity contribution in [1.29, 1.82) is 0 Å². The molecule has 0 rings (SSSR count). The zero-order valence-electron chi connectivity index (χ0n) is 6.13. The molecule has 0 aliphatic rings. The average Bonchev–Trinajstić information content (AvgIpc) is 1.63. The summed E-state index contributed by atoms with van der Waals surface area (Å²) in [7, 11) is 0. The molecule has 0 radical (unpaired) electrons. The van der Waals surface area contributed by atoms with Gasteiger partial charge in [-0.25, -0.2) is 5.90 Å². The summed E-state index contributed by atoms with van der Waals surface area (Å²) in [6.07, 6.45) is 0.969. The first-order chi connectivity index (χ1) is 4.16. The van der Waals surface area contributed by atoms with Crippen molar-refractivity contribution in [2.24, 2.45) is 17.5 Å². The van der Waals surface area contributed by atoms with Crippen LogP contribution in [-0.2, 0) is 4.84 Å². The molecule has 0 fully saturated rings. The fourth-order valence-electron chi connectivity index (χ4n) is 0.797. The van der Waals surface area contributed by atoms with Gasteiger partial charge in [0, 0.05) is 6.04 Å². The molecule has 0 aromatic heterocycles. The van der Waals surface area contributed by atoms with E-state index in [2.05, 4.69) is 18.7 Å². The second kappa shape index (κ2) is 4.73. The third-order valence-corrected chi connectivity index (χ3v) is 1.08. The van der Waals surface area contributed by atoms with Gasteiger partial charge in [-0.2, -0.15) is 0 Å². The third kappa shape index (κ3) is 5.76. The average molecular weight is 132 g/mol. The van der Waals surface area contributed by atoms with E-state index in [9.17, 15) is 0 Å². The lowest BCUT2D eigenvalue weighted by molar-refractivity contribution is 0.118. The highest BCUT2D eigenvalue weighted by molar-refractivity contribution is 4.60. The van der Waals surface area contributed by atoms with Gasteiger partial charge in [-0.15, -0.1) is 0 Å². The maximum atomic E-state index is 5.58. The van der Waals surface area contributed by atoms with Crippen LogP contribution in [-0.4, -0.2) is 12.6 Å². The van der Waals surface area contributed by atoms with Crippen molar-refractivity contribution in [2.45, 2.75) is 26.3 Å². The minimum Gasteiger partial charge on any atom is -0.326 e. The van der Waals surface area contributed by atoms with Crippen LogP contribution in [0.1, 0.15) is 20.3 Å². The lowest BCUT2D eigenvalue weighted by atomic mass is 10.1. The molecule has 9 heavy (non-hydrogen) atoms. The molecule has 1 atom stereocenters. The van der Waals surface area contributed by atoms with E-state index in [1.54, 1.807) is 0 Å². The fraction of sp³-hybridized carbons (Fsp3) is 1.00. The number of rotatable bonds is 4. The first kappa shape index (κ1) is 8.88. The van der Waals surface area contributed by atoms with Crippen LogP contribution in [0.15, 0.2) is 0 Å². The summed E-state index contributed by atoms with van der Waals surface area (Å²) in [5, 5.41) is 0. The second-order valence-corrected chi connectivity index (χ2v) is 2.72. The molecular weight excluding hydrogens is 116 g/mol. The van der Waals surface area contributed by atoms with Gasteiger partial charge in [0.05, 0.1) is 6.61 Å². The van der Waals surface area contributed by atoms with Crippen LogP contribution in [0.2, 0.25) is 0 Å². The van der Waals surface area contributed by atoms with Gasteiger partial charge in [-0.05, 0) is 12.3 Å². The molecule has 0 saturated carbocycles. The smallest absolute Gasteiger partial charge is 0.0830 e. The SMILES string of the molecule is CC(C)CC(N)CON. The summed E-state index contributed by atoms with van der Waals surface area (Å²) in [6, 6.07) is 0.0926. The molecule has 0 amide bonds. The Kier molecular flexibility index (Phi) is 4.67. The Bertz CT molecular complexity index is 66.1. The van der Waals surface area contributed by atoms with E-state index >= 15 is 0 Å². The maximum Gasteiger partial charge on any atom is 0.0830 e. The van der Waals surface area contributed by atoms with Crippen LogP contribution in [0.25, 0.3) is 0 Å². The quantitative estimate of drug-likeness (QED) is 0.539. The highest BCUT2D eigenvalue weighted by atomic mass is 16.6. The van der Waals surface area contributed by atoms with E-state index in [0.717, 1.165) is 6.42 Å². The molecule has 0 aliphatic heterocycles. The van der Waals surface area contributed by atoms with Crippen molar-refractivity contribution < 1.29 is 4.84 Å². The van der Waals surface area contributed by atoms with Gasteiger partial charge in [-0.1, -0.05) is 13.8 Å². The van der Waals surface area contributed by atoms with E-state index in [-0.39, 0.29) is 6.04 Å². The van der Waals surface area contributed by atoms with Crippen LogP contribution in [0.5, 0.6) is 0 Å². The molecule has 0 saturated heterocycles. The van der Waals surface area contributed by atoms with E-state index in [1.807, 2.05) is 0 Å². The number of nitrogens with two attached hydrogens (primary N) is 2. The van der Waals surface area contributed by atoms with Crippen molar-refractivity contribution in [3.63, 3.8) is 0 Å². The van der Waals surface area contributed by atoms with E-state index in [0.29, 0.717) is 12.5 Å². The molecule has 1 unspecified atom stereocenters. The Labute approximate surface area is 56.3 Å². The van der Waals surface area contributed by atoms with E-state index < -0.39 is 0 Å². The zero-order valence-corrected chi connectivity index (χ0v) is 6.13. The summed E-state index contributed by atoms with van der Waals surface area (Å²) in [4.78, 5) is 4.38. The van der Waals surface area contributed by atoms with Crippen LogP contribution in [0.4, 0.5) is 0 Å². The summed E-state index contributed by atoms with van der Waals surface area (Å²) >= 11 is 0. The molecule has 0 aromatic rings. The van der Waals surface area contributed by atoms with Crippen LogP contribution < -0.4 is 11.6 Å². The normalized spacial score (nSPS) is 14.3. The molecule has 3 heteroatoms. The summed E-state index contributed by atoms with van der Waals surface area (Å²) in [5.41, 5.74) is 5.58. The lowest BCUT2D eigenvalue weighted by Crippen LogP contribution is -2.29. The molecule has 0 spiro atoms. The molecule has 0 aromatic carbocycles. The zero-order chi connectivity index (χ0) is 7.28. The van der Waals surface area contributed by atoms with Crippen LogP contribution in [0.3, 0.4) is 0 Å². The lowest BCUT2D eigenvalue weighted by Gasteiger charge is -2.11. The van der Waals surface area contributed by atoms with Gasteiger partial charge >= 0.3 is 0 Å². The van der Waals surface area contributed by atoms with Gasteiger partial charge in [0.15, 0.2) is 0 Å². The Morgan fingerprint density at radius 1 is 1.44 bits per heavy atom. The first-order valence-electron chi connectivity index (χ1n) is 3.24. The minimum absolute atomic E-state index is 0.0926. The molecule has 0 heterocycles. The van der Waals surface area contributed by atoms with E-state index in [4.69, 9.17) is 11.6 Å². The van der Waals surface area contributed by atoms with Crippen molar-refractivity contribution in [3.05, 3.63) is 0 Å². The molecule has 0 bridgehead atoms. The van der Waals surface area contributed by atoms with Crippen LogP contribution >= 0.6 is 0 Å². The Morgan fingerprint density at radius 3 is 2.33 bits per heavy atom. The monoisotopic (exact) mass is 132 g/mol. The topological polar surface area (TPSA) is 61.3 Å². The fourth-order valence-corrected chi connectivity index (χ4v) is 0.797. The second-order valence-electron chi connectivity index (χ2n) is 2.72. The highest BCUT2D eigenvalue weighted by Crippen LogP contribution is 2.01. The summed E-state index contributed by atoms with van der Waals surface area (Å²) < 4.78 is 0. The van der Waals surface area contributed by atoms with Gasteiger partial charge in [0.2, 0.25) is 0 Å². The Morgan fingerprint density at radius 2 is 2.00 bits per heavy atom. The molecule has 4 N–H and O–H groups in total. The van der Waals surface area contributed by atoms with E-state index in [1.165, 1.54) is 0 Å². The van der Waals surface area contributed by atoms with Gasteiger partial charge in [0.25, 0.3) is 0 Å². The van der Waals surface area contributed by atoms with Crippen LogP contribution in [0, 0.1) is 5.92 Å². The van der Waals surface area contributed by atoms with Gasteiger partial charge in [-0.3, -0.25) is 0 Å². The first-order valence-corrected chi connectivity index (χ1v) is 3.24. The maximum absolute atomic E-state index is 5.58.